The second kappa shape index (κ2) is 9.22. The average Bonchev–Trinajstić information content (AvgIpc) is 2.62. The van der Waals surface area contributed by atoms with Gasteiger partial charge in [0, 0.05) is 18.9 Å². The first-order valence-electron chi connectivity index (χ1n) is 8.21. The minimum Gasteiger partial charge on any atom is -0.335 e. The average molecular weight is 357 g/mol. The number of benzene rings is 1. The van der Waals surface area contributed by atoms with E-state index in [1.165, 1.54) is 16.7 Å². The molecule has 132 valence electrons. The molecule has 0 fully saturated rings. The predicted octanol–water partition coefficient (Wildman–Crippen LogP) is 3.22. The summed E-state index contributed by atoms with van der Waals surface area (Å²) in [5.41, 5.74) is 1.87. The highest BCUT2D eigenvalue weighted by atomic mass is 32.2. The Hall–Kier alpha value is -2.34. The maximum absolute atomic E-state index is 12.5. The Balaban J connectivity index is 1.90. The van der Waals surface area contributed by atoms with Crippen molar-refractivity contribution in [1.29, 1.82) is 0 Å². The lowest BCUT2D eigenvalue weighted by Gasteiger charge is -2.21. The van der Waals surface area contributed by atoms with Gasteiger partial charge in [-0.2, -0.15) is 0 Å². The number of amides is 2. The zero-order valence-corrected chi connectivity index (χ0v) is 15.5. The smallest absolute Gasteiger partial charge is 0.243 e. The number of rotatable bonds is 7. The van der Waals surface area contributed by atoms with E-state index >= 15 is 0 Å². The van der Waals surface area contributed by atoms with Gasteiger partial charge in [-0.15, -0.1) is 0 Å². The number of likely N-dealkylation sites (N-methyl/N-ethyl adjacent to an activating group) is 1. The third kappa shape index (κ3) is 5.60. The third-order valence-electron chi connectivity index (χ3n) is 3.71. The number of hydrogen-bond donors (Lipinski definition) is 1. The van der Waals surface area contributed by atoms with Gasteiger partial charge < -0.3 is 10.2 Å². The fourth-order valence-corrected chi connectivity index (χ4v) is 3.31. The molecule has 0 spiro atoms. The molecule has 1 unspecified atom stereocenters. The second-order valence-corrected chi connectivity index (χ2v) is 7.04. The molecule has 6 heteroatoms. The topological polar surface area (TPSA) is 62.3 Å². The number of carbonyl (C=O) groups is 2. The van der Waals surface area contributed by atoms with Gasteiger partial charge in [-0.25, -0.2) is 4.98 Å². The Labute approximate surface area is 152 Å². The normalized spacial score (nSPS) is 11.6. The first-order valence-corrected chi connectivity index (χ1v) is 9.09. The van der Waals surface area contributed by atoms with Gasteiger partial charge in [0.2, 0.25) is 11.8 Å². The summed E-state index contributed by atoms with van der Waals surface area (Å²) < 4.78 is 0. The van der Waals surface area contributed by atoms with Gasteiger partial charge in [0.25, 0.3) is 0 Å². The van der Waals surface area contributed by atoms with Crippen molar-refractivity contribution in [3.63, 3.8) is 0 Å². The summed E-state index contributed by atoms with van der Waals surface area (Å²) in [7, 11) is 1.64. The number of nitrogens with zero attached hydrogens (tertiary/aromatic N) is 2. The lowest BCUT2D eigenvalue weighted by molar-refractivity contribution is -0.132. The molecule has 0 bridgehead atoms. The molecular weight excluding hydrogens is 334 g/mol. The van der Waals surface area contributed by atoms with Crippen LogP contribution in [0.15, 0.2) is 53.7 Å². The quantitative estimate of drug-likeness (QED) is 0.773. The van der Waals surface area contributed by atoms with Crippen LogP contribution in [0.3, 0.4) is 0 Å². The van der Waals surface area contributed by atoms with Gasteiger partial charge in [-0.3, -0.25) is 9.59 Å². The van der Waals surface area contributed by atoms with Crippen LogP contribution in [0.25, 0.3) is 0 Å². The molecule has 0 saturated heterocycles. The largest absolute Gasteiger partial charge is 0.335 e. The van der Waals surface area contributed by atoms with Crippen LogP contribution in [0.4, 0.5) is 5.69 Å². The predicted molar refractivity (Wildman–Crippen MR) is 102 cm³/mol. The van der Waals surface area contributed by atoms with E-state index in [0.29, 0.717) is 0 Å². The number of para-hydroxylation sites is 1. The van der Waals surface area contributed by atoms with E-state index in [1.54, 1.807) is 13.2 Å². The van der Waals surface area contributed by atoms with E-state index in [9.17, 15) is 9.59 Å². The van der Waals surface area contributed by atoms with Crippen LogP contribution in [0.1, 0.15) is 19.4 Å². The molecule has 1 aromatic carbocycles. The van der Waals surface area contributed by atoms with E-state index in [0.717, 1.165) is 22.7 Å². The van der Waals surface area contributed by atoms with Gasteiger partial charge in [-0.1, -0.05) is 43.0 Å². The van der Waals surface area contributed by atoms with Crippen molar-refractivity contribution < 1.29 is 9.59 Å². The van der Waals surface area contributed by atoms with Gasteiger partial charge >= 0.3 is 0 Å². The number of nitrogens with one attached hydrogen (secondary N) is 1. The summed E-state index contributed by atoms with van der Waals surface area (Å²) in [4.78, 5) is 30.4. The fourth-order valence-electron chi connectivity index (χ4n) is 2.39. The number of aryl methyl sites for hydroxylation is 1. The number of thioether (sulfide) groups is 1. The molecule has 0 aliphatic rings. The maximum atomic E-state index is 12.5. The second-order valence-electron chi connectivity index (χ2n) is 5.68. The van der Waals surface area contributed by atoms with Crippen molar-refractivity contribution in [1.82, 2.24) is 9.88 Å². The number of pyridine rings is 1. The zero-order valence-electron chi connectivity index (χ0n) is 14.7. The van der Waals surface area contributed by atoms with E-state index in [-0.39, 0.29) is 23.6 Å². The lowest BCUT2D eigenvalue weighted by Crippen LogP contribution is -2.39. The summed E-state index contributed by atoms with van der Waals surface area (Å²) in [6.45, 7) is 3.88. The minimum absolute atomic E-state index is 0.0179. The Morgan fingerprint density at radius 1 is 1.20 bits per heavy atom. The molecule has 0 saturated carbocycles. The Bertz CT molecular complexity index is 722. The lowest BCUT2D eigenvalue weighted by atomic mass is 10.1. The summed E-state index contributed by atoms with van der Waals surface area (Å²) in [6.07, 6.45) is 2.53. The van der Waals surface area contributed by atoms with Crippen LogP contribution in [0.5, 0.6) is 0 Å². The van der Waals surface area contributed by atoms with Crippen molar-refractivity contribution in [2.45, 2.75) is 30.5 Å². The van der Waals surface area contributed by atoms with Gasteiger partial charge in [-0.05, 0) is 37.1 Å². The van der Waals surface area contributed by atoms with E-state index in [2.05, 4.69) is 10.3 Å². The number of aromatic nitrogens is 1. The molecule has 1 atom stereocenters. The van der Waals surface area contributed by atoms with Crippen molar-refractivity contribution in [2.24, 2.45) is 0 Å². The molecule has 1 heterocycles. The summed E-state index contributed by atoms with van der Waals surface area (Å²) in [5.74, 6) is -0.304. The molecule has 2 aromatic rings. The Morgan fingerprint density at radius 3 is 2.60 bits per heavy atom. The van der Waals surface area contributed by atoms with Crippen LogP contribution in [0, 0.1) is 0 Å². The van der Waals surface area contributed by atoms with Gasteiger partial charge in [0.1, 0.15) is 0 Å². The molecule has 1 aromatic heterocycles. The van der Waals surface area contributed by atoms with E-state index < -0.39 is 0 Å². The highest BCUT2D eigenvalue weighted by Gasteiger charge is 2.21. The highest BCUT2D eigenvalue weighted by Crippen LogP contribution is 2.21. The first-order chi connectivity index (χ1) is 12.0. The summed E-state index contributed by atoms with van der Waals surface area (Å²) >= 11 is 1.38. The van der Waals surface area contributed by atoms with Crippen molar-refractivity contribution in [3.8, 4) is 0 Å². The monoisotopic (exact) mass is 357 g/mol. The van der Waals surface area contributed by atoms with Crippen molar-refractivity contribution >= 4 is 29.3 Å². The molecule has 2 amide bonds. The van der Waals surface area contributed by atoms with Crippen LogP contribution in [0.2, 0.25) is 0 Å². The molecule has 25 heavy (non-hydrogen) atoms. The van der Waals surface area contributed by atoms with Crippen LogP contribution in [-0.4, -0.2) is 40.5 Å². The Kier molecular flexibility index (Phi) is 7.01. The highest BCUT2D eigenvalue weighted by molar-refractivity contribution is 8.00. The molecule has 1 N–H and O–H groups in total. The van der Waals surface area contributed by atoms with Gasteiger partial charge in [0.15, 0.2) is 0 Å². The van der Waals surface area contributed by atoms with Crippen molar-refractivity contribution in [3.05, 3.63) is 54.2 Å². The zero-order chi connectivity index (χ0) is 18.2. The number of anilines is 1. The molecule has 5 nitrogen and oxygen atoms in total. The van der Waals surface area contributed by atoms with Crippen LogP contribution >= 0.6 is 11.8 Å². The standard InChI is InChI=1S/C19H23N3O2S/c1-4-15-9-5-6-10-16(15)21-17(23)13-22(3)19(24)14(2)25-18-11-7-8-12-20-18/h5-12,14H,4,13H2,1-3H3,(H,21,23). The molecule has 0 aliphatic heterocycles. The molecular formula is C19H23N3O2S. The summed E-state index contributed by atoms with van der Waals surface area (Å²) in [6, 6.07) is 13.3. The number of hydrogen-bond acceptors (Lipinski definition) is 4. The van der Waals surface area contributed by atoms with Gasteiger partial charge in [0.05, 0.1) is 16.8 Å². The third-order valence-corrected chi connectivity index (χ3v) is 4.75. The molecule has 2 rings (SSSR count). The minimum atomic E-state index is -0.310. The van der Waals surface area contributed by atoms with Crippen LogP contribution in [-0.2, 0) is 16.0 Å². The summed E-state index contributed by atoms with van der Waals surface area (Å²) in [5, 5.41) is 3.36. The Morgan fingerprint density at radius 2 is 1.92 bits per heavy atom. The number of carbonyl (C=O) groups excluding carboxylic acids is 2. The fraction of sp³-hybridized carbons (Fsp3) is 0.316. The van der Waals surface area contributed by atoms with Crippen molar-refractivity contribution in [2.75, 3.05) is 18.9 Å². The van der Waals surface area contributed by atoms with E-state index in [4.69, 9.17) is 0 Å². The molecule has 0 radical (unpaired) electrons. The van der Waals surface area contributed by atoms with E-state index in [1.807, 2.05) is 56.3 Å². The molecule has 0 aliphatic carbocycles. The SMILES string of the molecule is CCc1ccccc1NC(=O)CN(C)C(=O)C(C)Sc1ccccn1. The van der Waals surface area contributed by atoms with Crippen LogP contribution < -0.4 is 5.32 Å². The first kappa shape index (κ1) is 19.0. The maximum Gasteiger partial charge on any atom is 0.243 e.